The molecule has 4 heterocycles. The maximum atomic E-state index is 12.4. The lowest BCUT2D eigenvalue weighted by atomic mass is 9.91. The zero-order valence-corrected chi connectivity index (χ0v) is 17.3. The first-order valence-corrected chi connectivity index (χ1v) is 10.6. The Morgan fingerprint density at radius 2 is 2.06 bits per heavy atom. The minimum atomic E-state index is -5.08. The van der Waals surface area contributed by atoms with Gasteiger partial charge in [0.25, 0.3) is 0 Å². The number of hydrogen-bond donors (Lipinski definition) is 2. The molecule has 0 saturated carbocycles. The lowest BCUT2D eigenvalue weighted by molar-refractivity contribution is -0.192. The van der Waals surface area contributed by atoms with Crippen LogP contribution in [-0.4, -0.2) is 53.4 Å². The van der Waals surface area contributed by atoms with Crippen LogP contribution in [0.15, 0.2) is 40.3 Å². The highest BCUT2D eigenvalue weighted by Crippen LogP contribution is 2.33. The van der Waals surface area contributed by atoms with Gasteiger partial charge in [-0.05, 0) is 48.9 Å². The second kappa shape index (κ2) is 10.3. The minimum absolute atomic E-state index is 0.0235. The number of carbonyl (C=O) groups excluding carboxylic acids is 1. The van der Waals surface area contributed by atoms with Gasteiger partial charge in [0.1, 0.15) is 11.9 Å². The summed E-state index contributed by atoms with van der Waals surface area (Å²) in [6, 6.07) is 7.96. The lowest BCUT2D eigenvalue weighted by Gasteiger charge is -2.33. The molecule has 11 heteroatoms. The number of nitrogens with zero attached hydrogens (tertiary/aromatic N) is 1. The number of carboxylic acid groups (broad SMARTS) is 1. The molecule has 0 unspecified atom stereocenters. The van der Waals surface area contributed by atoms with E-state index in [1.165, 1.54) is 4.88 Å². The smallest absolute Gasteiger partial charge is 0.475 e. The summed E-state index contributed by atoms with van der Waals surface area (Å²) in [4.78, 5) is 24.8. The topological polar surface area (TPSA) is 92.0 Å². The normalized spacial score (nSPS) is 23.5. The average Bonchev–Trinajstić information content (AvgIpc) is 3.47. The standard InChI is InChI=1S/C18H22N2O3S.C2HF3O2/c21-18(19-10-15-4-2-8-24-15)16-9-13-5-6-20(12-17(13)23-16)11-14-3-1-7-22-14;3-2(4,5)1(6)7/h1-4,7-8,13,16-17H,5-6,9-12H2,(H,19,21);(H,6,7)/t13-,16-,17+;/m0./s1. The highest BCUT2D eigenvalue weighted by molar-refractivity contribution is 7.09. The quantitative estimate of drug-likeness (QED) is 0.712. The molecule has 0 radical (unpaired) electrons. The summed E-state index contributed by atoms with van der Waals surface area (Å²) in [6.07, 6.45) is -1.59. The fourth-order valence-electron chi connectivity index (χ4n) is 3.63. The fraction of sp³-hybridized carbons (Fsp3) is 0.500. The number of carboxylic acids is 1. The summed E-state index contributed by atoms with van der Waals surface area (Å²) in [6.45, 7) is 3.32. The summed E-state index contributed by atoms with van der Waals surface area (Å²) >= 11 is 1.66. The van der Waals surface area contributed by atoms with Crippen LogP contribution in [0.2, 0.25) is 0 Å². The third-order valence-corrected chi connectivity index (χ3v) is 6.02. The van der Waals surface area contributed by atoms with E-state index in [9.17, 15) is 18.0 Å². The van der Waals surface area contributed by atoms with E-state index in [0.29, 0.717) is 12.5 Å². The second-order valence-corrected chi connectivity index (χ2v) is 8.39. The van der Waals surface area contributed by atoms with Crippen molar-refractivity contribution in [2.45, 2.75) is 44.3 Å². The van der Waals surface area contributed by atoms with E-state index in [0.717, 1.165) is 38.2 Å². The summed E-state index contributed by atoms with van der Waals surface area (Å²) in [5, 5.41) is 12.2. The Morgan fingerprint density at radius 1 is 1.29 bits per heavy atom. The van der Waals surface area contributed by atoms with Gasteiger partial charge in [0.15, 0.2) is 0 Å². The van der Waals surface area contributed by atoms with Crippen LogP contribution in [0.4, 0.5) is 13.2 Å². The minimum Gasteiger partial charge on any atom is -0.475 e. The van der Waals surface area contributed by atoms with Gasteiger partial charge in [-0.15, -0.1) is 11.3 Å². The van der Waals surface area contributed by atoms with Crippen LogP contribution in [0, 0.1) is 5.92 Å². The predicted molar refractivity (Wildman–Crippen MR) is 105 cm³/mol. The average molecular weight is 460 g/mol. The number of likely N-dealkylation sites (tertiary alicyclic amines) is 1. The molecule has 170 valence electrons. The maximum absolute atomic E-state index is 12.4. The van der Waals surface area contributed by atoms with Crippen LogP contribution >= 0.6 is 11.3 Å². The Bertz CT molecular complexity index is 842. The molecule has 0 bridgehead atoms. The summed E-state index contributed by atoms with van der Waals surface area (Å²) in [5.41, 5.74) is 0. The number of hydrogen-bond acceptors (Lipinski definition) is 6. The van der Waals surface area contributed by atoms with Crippen LogP contribution in [0.3, 0.4) is 0 Å². The van der Waals surface area contributed by atoms with Gasteiger partial charge < -0.3 is 19.6 Å². The number of aliphatic carboxylic acids is 1. The van der Waals surface area contributed by atoms with Crippen molar-refractivity contribution in [3.63, 3.8) is 0 Å². The van der Waals surface area contributed by atoms with Crippen molar-refractivity contribution < 1.29 is 37.0 Å². The number of amides is 1. The highest BCUT2D eigenvalue weighted by atomic mass is 32.1. The van der Waals surface area contributed by atoms with Crippen molar-refractivity contribution in [2.24, 2.45) is 5.92 Å². The Hall–Kier alpha value is -2.37. The predicted octanol–water partition coefficient (Wildman–Crippen LogP) is 3.27. The molecule has 2 fully saturated rings. The largest absolute Gasteiger partial charge is 0.490 e. The van der Waals surface area contributed by atoms with E-state index >= 15 is 0 Å². The van der Waals surface area contributed by atoms with E-state index in [1.807, 2.05) is 29.6 Å². The number of furan rings is 1. The zero-order chi connectivity index (χ0) is 22.4. The van der Waals surface area contributed by atoms with Crippen LogP contribution < -0.4 is 5.32 Å². The van der Waals surface area contributed by atoms with Crippen LogP contribution in [-0.2, 0) is 27.4 Å². The molecule has 1 amide bonds. The van der Waals surface area contributed by atoms with Crippen molar-refractivity contribution in [1.82, 2.24) is 10.2 Å². The molecule has 0 aromatic carbocycles. The van der Waals surface area contributed by atoms with E-state index < -0.39 is 12.1 Å². The van der Waals surface area contributed by atoms with Crippen LogP contribution in [0.25, 0.3) is 0 Å². The number of rotatable bonds is 5. The summed E-state index contributed by atoms with van der Waals surface area (Å²) in [5.74, 6) is -1.25. The lowest BCUT2D eigenvalue weighted by Crippen LogP contribution is -2.42. The number of carbonyl (C=O) groups is 2. The maximum Gasteiger partial charge on any atom is 0.490 e. The second-order valence-electron chi connectivity index (χ2n) is 7.36. The number of fused-ring (bicyclic) bond motifs is 1. The van der Waals surface area contributed by atoms with Gasteiger partial charge in [-0.2, -0.15) is 13.2 Å². The van der Waals surface area contributed by atoms with Crippen molar-refractivity contribution >= 4 is 23.2 Å². The van der Waals surface area contributed by atoms with E-state index in [-0.39, 0.29) is 18.1 Å². The van der Waals surface area contributed by atoms with Crippen LogP contribution in [0.1, 0.15) is 23.5 Å². The Labute approximate surface area is 180 Å². The third-order valence-electron chi connectivity index (χ3n) is 5.15. The molecule has 2 N–H and O–H groups in total. The molecule has 2 saturated heterocycles. The Morgan fingerprint density at radius 3 is 2.68 bits per heavy atom. The number of halogens is 3. The molecule has 0 spiro atoms. The summed E-state index contributed by atoms with van der Waals surface area (Å²) in [7, 11) is 0. The molecule has 2 aliphatic heterocycles. The molecule has 4 rings (SSSR count). The van der Waals surface area contributed by atoms with Crippen molar-refractivity contribution in [3.05, 3.63) is 46.5 Å². The first-order chi connectivity index (χ1) is 14.7. The number of nitrogens with one attached hydrogen (secondary N) is 1. The number of ether oxygens (including phenoxy) is 1. The Kier molecular flexibility index (Phi) is 7.74. The molecular formula is C20H23F3N2O5S. The molecule has 0 aliphatic carbocycles. The van der Waals surface area contributed by atoms with Gasteiger partial charge in [0.2, 0.25) is 5.91 Å². The van der Waals surface area contributed by atoms with Crippen molar-refractivity contribution in [2.75, 3.05) is 13.1 Å². The number of piperidine rings is 1. The molecule has 3 atom stereocenters. The first-order valence-electron chi connectivity index (χ1n) is 9.72. The van der Waals surface area contributed by atoms with Gasteiger partial charge >= 0.3 is 12.1 Å². The molecule has 2 aromatic heterocycles. The van der Waals surface area contributed by atoms with Crippen molar-refractivity contribution in [1.29, 1.82) is 0 Å². The van der Waals surface area contributed by atoms with Crippen molar-refractivity contribution in [3.8, 4) is 0 Å². The molecular weight excluding hydrogens is 437 g/mol. The highest BCUT2D eigenvalue weighted by Gasteiger charge is 2.41. The van der Waals surface area contributed by atoms with Gasteiger partial charge in [-0.25, -0.2) is 4.79 Å². The van der Waals surface area contributed by atoms with Gasteiger partial charge in [0.05, 0.1) is 25.5 Å². The number of alkyl halides is 3. The molecule has 31 heavy (non-hydrogen) atoms. The van der Waals surface area contributed by atoms with Gasteiger partial charge in [-0.3, -0.25) is 9.69 Å². The van der Waals surface area contributed by atoms with E-state index in [4.69, 9.17) is 19.1 Å². The zero-order valence-electron chi connectivity index (χ0n) is 16.5. The summed E-state index contributed by atoms with van der Waals surface area (Å²) < 4.78 is 43.2. The molecule has 2 aromatic rings. The SMILES string of the molecule is O=C(NCc1cccs1)[C@@H]1C[C@@H]2CCN(Cc3ccco3)C[C@H]2O1.O=C(O)C(F)(F)F. The van der Waals surface area contributed by atoms with Gasteiger partial charge in [-0.1, -0.05) is 6.07 Å². The Balaban J connectivity index is 0.000000339. The van der Waals surface area contributed by atoms with E-state index in [2.05, 4.69) is 10.2 Å². The molecule has 7 nitrogen and oxygen atoms in total. The fourth-order valence-corrected chi connectivity index (χ4v) is 4.28. The monoisotopic (exact) mass is 460 g/mol. The van der Waals surface area contributed by atoms with E-state index in [1.54, 1.807) is 17.6 Å². The van der Waals surface area contributed by atoms with Crippen LogP contribution in [0.5, 0.6) is 0 Å². The van der Waals surface area contributed by atoms with Gasteiger partial charge in [0, 0.05) is 11.4 Å². The third kappa shape index (κ3) is 6.81. The number of thiophene rings is 1. The molecule has 2 aliphatic rings. The first kappa shape index (κ1) is 23.3.